The first-order valence-corrected chi connectivity index (χ1v) is 19.5. The number of benzene rings is 6. The van der Waals surface area contributed by atoms with Gasteiger partial charge in [-0.25, -0.2) is 13.2 Å². The molecule has 6 heteroatoms. The number of rotatable bonds is 14. The van der Waals surface area contributed by atoms with Gasteiger partial charge in [-0.2, -0.15) is 0 Å². The third-order valence-electron chi connectivity index (χ3n) is 9.45. The maximum atomic E-state index is 14.2. The van der Waals surface area contributed by atoms with E-state index in [1.807, 2.05) is 109 Å². The molecule has 0 N–H and O–H groups in total. The third-order valence-corrected chi connectivity index (χ3v) is 9.45. The standard InChI is InChI=1S/C18H21FO.2C16H17FO/c1-3-4-5-6-14-7-12-17(18(19)13-14)15-8-10-16(20-2)11-9-15;2*1-3-4-12-5-10-15(16(17)11-12)13-6-8-14(18-2)9-7-13/h7-13H,3-6H2,1-2H3;2*5-11H,3-4H2,1-2H3. The van der Waals surface area contributed by atoms with E-state index >= 15 is 0 Å². The number of aryl methyl sites for hydroxylation is 3. The fourth-order valence-corrected chi connectivity index (χ4v) is 6.31. The topological polar surface area (TPSA) is 27.7 Å². The average molecular weight is 761 g/mol. The summed E-state index contributed by atoms with van der Waals surface area (Å²) >= 11 is 0. The molecule has 0 fully saturated rings. The minimum atomic E-state index is -0.161. The van der Waals surface area contributed by atoms with Crippen LogP contribution in [0.1, 0.15) is 69.6 Å². The number of unbranched alkanes of at least 4 members (excludes halogenated alkanes) is 2. The van der Waals surface area contributed by atoms with Gasteiger partial charge in [0, 0.05) is 16.7 Å². The SMILES string of the molecule is CCCCCc1ccc(-c2ccc(OC)cc2)c(F)c1.CCCc1ccc(-c2ccc(OC)cc2)c(F)c1.CCCc1ccc(-c2ccc(OC)cc2)c(F)c1. The zero-order chi connectivity index (χ0) is 40.3. The van der Waals surface area contributed by atoms with Crippen molar-refractivity contribution in [3.05, 3.63) is 162 Å². The smallest absolute Gasteiger partial charge is 0.131 e. The lowest BCUT2D eigenvalue weighted by molar-refractivity contribution is 0.414. The highest BCUT2D eigenvalue weighted by Crippen LogP contribution is 2.29. The Morgan fingerprint density at radius 1 is 0.357 bits per heavy atom. The van der Waals surface area contributed by atoms with Gasteiger partial charge in [0.25, 0.3) is 0 Å². The highest BCUT2D eigenvalue weighted by molar-refractivity contribution is 5.67. The second-order valence-electron chi connectivity index (χ2n) is 13.6. The molecule has 0 heterocycles. The molecule has 6 aromatic rings. The normalized spacial score (nSPS) is 10.4. The Morgan fingerprint density at radius 3 is 0.911 bits per heavy atom. The Hall–Kier alpha value is -5.49. The van der Waals surface area contributed by atoms with Gasteiger partial charge in [0.2, 0.25) is 0 Å². The Labute approximate surface area is 332 Å². The zero-order valence-corrected chi connectivity index (χ0v) is 33.6. The Kier molecular flexibility index (Phi) is 17.6. The van der Waals surface area contributed by atoms with E-state index in [4.69, 9.17) is 14.2 Å². The summed E-state index contributed by atoms with van der Waals surface area (Å²) < 4.78 is 57.5. The molecule has 0 saturated heterocycles. The van der Waals surface area contributed by atoms with E-state index in [-0.39, 0.29) is 17.5 Å². The summed E-state index contributed by atoms with van der Waals surface area (Å²) in [7, 11) is 4.87. The Morgan fingerprint density at radius 2 is 0.661 bits per heavy atom. The molecule has 6 rings (SSSR count). The minimum Gasteiger partial charge on any atom is -0.497 e. The van der Waals surface area contributed by atoms with Crippen LogP contribution >= 0.6 is 0 Å². The van der Waals surface area contributed by atoms with Crippen LogP contribution in [0.5, 0.6) is 17.2 Å². The second kappa shape index (κ2) is 22.8. The van der Waals surface area contributed by atoms with Crippen LogP contribution in [-0.2, 0) is 19.3 Å². The van der Waals surface area contributed by atoms with Gasteiger partial charge in [-0.3, -0.25) is 0 Å². The third kappa shape index (κ3) is 12.8. The van der Waals surface area contributed by atoms with Crippen molar-refractivity contribution in [2.24, 2.45) is 0 Å². The van der Waals surface area contributed by atoms with E-state index in [2.05, 4.69) is 20.8 Å². The van der Waals surface area contributed by atoms with Gasteiger partial charge in [-0.1, -0.05) is 119 Å². The zero-order valence-electron chi connectivity index (χ0n) is 33.6. The highest BCUT2D eigenvalue weighted by atomic mass is 19.1. The summed E-state index contributed by atoms with van der Waals surface area (Å²) in [4.78, 5) is 0. The first-order chi connectivity index (χ1) is 27.2. The van der Waals surface area contributed by atoms with Crippen LogP contribution < -0.4 is 14.2 Å². The van der Waals surface area contributed by atoms with Crippen molar-refractivity contribution in [2.75, 3.05) is 21.3 Å². The van der Waals surface area contributed by atoms with Crippen LogP contribution in [0.2, 0.25) is 0 Å². The molecule has 6 aromatic carbocycles. The summed E-state index contributed by atoms with van der Waals surface area (Å²) in [5.74, 6) is 1.87. The quantitative estimate of drug-likeness (QED) is 0.104. The summed E-state index contributed by atoms with van der Waals surface area (Å²) in [5.41, 5.74) is 7.71. The van der Waals surface area contributed by atoms with Gasteiger partial charge in [-0.05, 0) is 114 Å². The number of methoxy groups -OCH3 is 3. The van der Waals surface area contributed by atoms with Crippen LogP contribution in [0.15, 0.2) is 127 Å². The summed E-state index contributed by atoms with van der Waals surface area (Å²) in [6.45, 7) is 6.36. The van der Waals surface area contributed by atoms with E-state index in [0.29, 0.717) is 16.7 Å². The summed E-state index contributed by atoms with van der Waals surface area (Å²) in [6.07, 6.45) is 8.35. The van der Waals surface area contributed by atoms with Crippen molar-refractivity contribution < 1.29 is 27.4 Å². The van der Waals surface area contributed by atoms with Crippen LogP contribution in [0, 0.1) is 17.5 Å². The number of ether oxygens (including phenoxy) is 3. The Balaban J connectivity index is 0.000000187. The van der Waals surface area contributed by atoms with Crippen molar-refractivity contribution in [3.63, 3.8) is 0 Å². The van der Waals surface area contributed by atoms with E-state index in [9.17, 15) is 13.2 Å². The predicted molar refractivity (Wildman–Crippen MR) is 226 cm³/mol. The van der Waals surface area contributed by atoms with Crippen LogP contribution in [-0.4, -0.2) is 21.3 Å². The molecule has 0 spiro atoms. The molecule has 294 valence electrons. The molecule has 0 bridgehead atoms. The molecule has 0 aliphatic carbocycles. The average Bonchev–Trinajstić information content (AvgIpc) is 3.22. The number of hydrogen-bond donors (Lipinski definition) is 0. The Bertz CT molecular complexity index is 1960. The lowest BCUT2D eigenvalue weighted by Crippen LogP contribution is -1.91. The van der Waals surface area contributed by atoms with Gasteiger partial charge in [0.15, 0.2) is 0 Å². The number of halogens is 3. The first kappa shape index (κ1) is 43.2. The van der Waals surface area contributed by atoms with E-state index in [0.717, 1.165) is 89.2 Å². The van der Waals surface area contributed by atoms with E-state index in [1.54, 1.807) is 39.5 Å². The molecule has 0 amide bonds. The van der Waals surface area contributed by atoms with Crippen LogP contribution in [0.25, 0.3) is 33.4 Å². The fourth-order valence-electron chi connectivity index (χ4n) is 6.31. The maximum absolute atomic E-state index is 14.2. The number of hydrogen-bond acceptors (Lipinski definition) is 3. The molecular formula is C50H55F3O3. The predicted octanol–water partition coefficient (Wildman–Crippen LogP) is 14.1. The highest BCUT2D eigenvalue weighted by Gasteiger charge is 2.09. The molecule has 0 unspecified atom stereocenters. The molecular weight excluding hydrogens is 706 g/mol. The van der Waals surface area contributed by atoms with Crippen molar-refractivity contribution in [1.29, 1.82) is 0 Å². The van der Waals surface area contributed by atoms with Gasteiger partial charge >= 0.3 is 0 Å². The van der Waals surface area contributed by atoms with Crippen molar-refractivity contribution in [2.45, 2.75) is 72.1 Å². The van der Waals surface area contributed by atoms with Gasteiger partial charge in [-0.15, -0.1) is 0 Å². The fraction of sp³-hybridized carbons (Fsp3) is 0.280. The summed E-state index contributed by atoms with van der Waals surface area (Å²) in [6, 6.07) is 38.8. The molecule has 0 aromatic heterocycles. The molecule has 56 heavy (non-hydrogen) atoms. The molecule has 0 radical (unpaired) electrons. The van der Waals surface area contributed by atoms with Gasteiger partial charge in [0.1, 0.15) is 34.7 Å². The van der Waals surface area contributed by atoms with Crippen LogP contribution in [0.4, 0.5) is 13.2 Å². The lowest BCUT2D eigenvalue weighted by atomic mass is 10.0. The molecule has 3 nitrogen and oxygen atoms in total. The van der Waals surface area contributed by atoms with Crippen molar-refractivity contribution in [1.82, 2.24) is 0 Å². The second-order valence-corrected chi connectivity index (χ2v) is 13.6. The van der Waals surface area contributed by atoms with Crippen molar-refractivity contribution >= 4 is 0 Å². The molecule has 0 saturated carbocycles. The van der Waals surface area contributed by atoms with E-state index < -0.39 is 0 Å². The molecule has 0 atom stereocenters. The largest absolute Gasteiger partial charge is 0.497 e. The lowest BCUT2D eigenvalue weighted by Gasteiger charge is -2.07. The monoisotopic (exact) mass is 760 g/mol. The van der Waals surface area contributed by atoms with Crippen LogP contribution in [0.3, 0.4) is 0 Å². The van der Waals surface area contributed by atoms with Gasteiger partial charge in [0.05, 0.1) is 21.3 Å². The van der Waals surface area contributed by atoms with Crippen molar-refractivity contribution in [3.8, 4) is 50.6 Å². The summed E-state index contributed by atoms with van der Waals surface area (Å²) in [5, 5.41) is 0. The minimum absolute atomic E-state index is 0.149. The van der Waals surface area contributed by atoms with Gasteiger partial charge < -0.3 is 14.2 Å². The maximum Gasteiger partial charge on any atom is 0.131 e. The molecule has 0 aliphatic heterocycles. The van der Waals surface area contributed by atoms with E-state index in [1.165, 1.54) is 12.8 Å². The molecule has 0 aliphatic rings. The first-order valence-electron chi connectivity index (χ1n) is 19.5.